The van der Waals surface area contributed by atoms with Crippen LogP contribution < -0.4 is 5.73 Å². The van der Waals surface area contributed by atoms with Crippen LogP contribution in [0.3, 0.4) is 0 Å². The summed E-state index contributed by atoms with van der Waals surface area (Å²) in [6.45, 7) is 9.21. The summed E-state index contributed by atoms with van der Waals surface area (Å²) in [7, 11) is 0. The van der Waals surface area contributed by atoms with Crippen molar-refractivity contribution in [3.8, 4) is 0 Å². The minimum absolute atomic E-state index is 0.327. The maximum atomic E-state index is 6.34. The van der Waals surface area contributed by atoms with Gasteiger partial charge in [-0.05, 0) is 37.5 Å². The van der Waals surface area contributed by atoms with Crippen molar-refractivity contribution >= 4 is 0 Å². The Morgan fingerprint density at radius 2 is 1.84 bits per heavy atom. The molecule has 19 heavy (non-hydrogen) atoms. The molecule has 0 heterocycles. The molecule has 2 unspecified atom stereocenters. The number of nitrogens with zero attached hydrogens (tertiary/aromatic N) is 1. The predicted octanol–water partition coefficient (Wildman–Crippen LogP) is 3.79. The highest BCUT2D eigenvalue weighted by molar-refractivity contribution is 5.04. The van der Waals surface area contributed by atoms with Crippen LogP contribution in [0.5, 0.6) is 0 Å². The number of rotatable bonds is 6. The van der Waals surface area contributed by atoms with Crippen LogP contribution in [0.15, 0.2) is 0 Å². The van der Waals surface area contributed by atoms with Crippen LogP contribution in [0.25, 0.3) is 0 Å². The smallest absolute Gasteiger partial charge is 0.0362 e. The van der Waals surface area contributed by atoms with E-state index < -0.39 is 0 Å². The van der Waals surface area contributed by atoms with Crippen LogP contribution in [0.1, 0.15) is 72.1 Å². The number of nitrogens with two attached hydrogens (primary N) is 1. The van der Waals surface area contributed by atoms with E-state index in [-0.39, 0.29) is 0 Å². The SMILES string of the molecule is CCC1CCCC1(CN)N(CC(C)C)C1CCCC1. The second kappa shape index (κ2) is 6.58. The van der Waals surface area contributed by atoms with Gasteiger partial charge in [0.05, 0.1) is 0 Å². The molecular weight excluding hydrogens is 232 g/mol. The Labute approximate surface area is 120 Å². The summed E-state index contributed by atoms with van der Waals surface area (Å²) < 4.78 is 0. The molecule has 0 radical (unpaired) electrons. The van der Waals surface area contributed by atoms with Crippen molar-refractivity contribution in [2.75, 3.05) is 13.1 Å². The zero-order chi connectivity index (χ0) is 13.9. The van der Waals surface area contributed by atoms with Gasteiger partial charge in [0.2, 0.25) is 0 Å². The van der Waals surface area contributed by atoms with E-state index in [0.29, 0.717) is 5.54 Å². The van der Waals surface area contributed by atoms with Gasteiger partial charge in [-0.2, -0.15) is 0 Å². The highest BCUT2D eigenvalue weighted by atomic mass is 15.2. The maximum absolute atomic E-state index is 6.34. The minimum atomic E-state index is 0.327. The average Bonchev–Trinajstić information content (AvgIpc) is 3.05. The molecule has 2 rings (SSSR count). The van der Waals surface area contributed by atoms with E-state index in [1.165, 1.54) is 57.9 Å². The molecule has 0 amide bonds. The van der Waals surface area contributed by atoms with Gasteiger partial charge in [-0.15, -0.1) is 0 Å². The first-order chi connectivity index (χ1) is 9.14. The van der Waals surface area contributed by atoms with E-state index >= 15 is 0 Å². The van der Waals surface area contributed by atoms with Crippen molar-refractivity contribution in [2.45, 2.75) is 83.7 Å². The fraction of sp³-hybridized carbons (Fsp3) is 1.00. The van der Waals surface area contributed by atoms with E-state index in [9.17, 15) is 0 Å². The molecule has 2 N–H and O–H groups in total. The monoisotopic (exact) mass is 266 g/mol. The molecule has 0 aromatic rings. The molecular formula is C17H34N2. The van der Waals surface area contributed by atoms with Crippen molar-refractivity contribution in [3.63, 3.8) is 0 Å². The van der Waals surface area contributed by atoms with Gasteiger partial charge in [-0.3, -0.25) is 4.90 Å². The van der Waals surface area contributed by atoms with Crippen LogP contribution in [0, 0.1) is 11.8 Å². The highest BCUT2D eigenvalue weighted by Gasteiger charge is 2.47. The fourth-order valence-electron chi connectivity index (χ4n) is 4.78. The van der Waals surface area contributed by atoms with Gasteiger partial charge in [0.25, 0.3) is 0 Å². The second-order valence-electron chi connectivity index (χ2n) is 7.29. The minimum Gasteiger partial charge on any atom is -0.329 e. The molecule has 2 aliphatic carbocycles. The van der Waals surface area contributed by atoms with Gasteiger partial charge < -0.3 is 5.73 Å². The Balaban J connectivity index is 2.22. The maximum Gasteiger partial charge on any atom is 0.0362 e. The molecule has 2 saturated carbocycles. The summed E-state index contributed by atoms with van der Waals surface area (Å²) in [6, 6.07) is 0.818. The van der Waals surface area contributed by atoms with E-state index in [1.54, 1.807) is 0 Å². The van der Waals surface area contributed by atoms with E-state index in [0.717, 1.165) is 24.4 Å². The fourth-order valence-corrected chi connectivity index (χ4v) is 4.78. The Morgan fingerprint density at radius 3 is 2.37 bits per heavy atom. The van der Waals surface area contributed by atoms with Crippen molar-refractivity contribution < 1.29 is 0 Å². The molecule has 0 saturated heterocycles. The summed E-state index contributed by atoms with van der Waals surface area (Å²) in [5.74, 6) is 1.58. The molecule has 112 valence electrons. The Kier molecular flexibility index (Phi) is 5.30. The third-order valence-electron chi connectivity index (χ3n) is 5.67. The normalized spacial score (nSPS) is 32.8. The van der Waals surface area contributed by atoms with Gasteiger partial charge in [-0.1, -0.05) is 46.5 Å². The molecule has 2 atom stereocenters. The van der Waals surface area contributed by atoms with Crippen LogP contribution >= 0.6 is 0 Å². The first-order valence-corrected chi connectivity index (χ1v) is 8.61. The number of hydrogen-bond donors (Lipinski definition) is 1. The molecule has 2 aliphatic rings. The summed E-state index contributed by atoms with van der Waals surface area (Å²) in [5, 5.41) is 0. The molecule has 0 aromatic heterocycles. The third kappa shape index (κ3) is 3.00. The second-order valence-corrected chi connectivity index (χ2v) is 7.29. The van der Waals surface area contributed by atoms with E-state index in [4.69, 9.17) is 5.73 Å². The molecule has 0 bridgehead atoms. The Bertz CT molecular complexity index is 270. The Hall–Kier alpha value is -0.0800. The average molecular weight is 266 g/mol. The summed E-state index contributed by atoms with van der Waals surface area (Å²) in [6.07, 6.45) is 11.1. The molecule has 2 heteroatoms. The highest BCUT2D eigenvalue weighted by Crippen LogP contribution is 2.44. The first kappa shape index (κ1) is 15.3. The van der Waals surface area contributed by atoms with Crippen LogP contribution in [-0.4, -0.2) is 29.6 Å². The van der Waals surface area contributed by atoms with Crippen LogP contribution in [0.4, 0.5) is 0 Å². The topological polar surface area (TPSA) is 29.3 Å². The predicted molar refractivity (Wildman–Crippen MR) is 83.2 cm³/mol. The third-order valence-corrected chi connectivity index (χ3v) is 5.67. The first-order valence-electron chi connectivity index (χ1n) is 8.61. The lowest BCUT2D eigenvalue weighted by molar-refractivity contribution is 0.00845. The lowest BCUT2D eigenvalue weighted by atomic mass is 9.81. The standard InChI is InChI=1S/C17H34N2/c1-4-15-8-7-11-17(15,13-18)19(12-14(2)3)16-9-5-6-10-16/h14-16H,4-13,18H2,1-3H3. The summed E-state index contributed by atoms with van der Waals surface area (Å²) in [4.78, 5) is 2.88. The van der Waals surface area contributed by atoms with Gasteiger partial charge in [0.1, 0.15) is 0 Å². The van der Waals surface area contributed by atoms with Crippen molar-refractivity contribution in [3.05, 3.63) is 0 Å². The van der Waals surface area contributed by atoms with Gasteiger partial charge in [0.15, 0.2) is 0 Å². The molecule has 0 spiro atoms. The van der Waals surface area contributed by atoms with Crippen LogP contribution in [0.2, 0.25) is 0 Å². The molecule has 2 nitrogen and oxygen atoms in total. The summed E-state index contributed by atoms with van der Waals surface area (Å²) >= 11 is 0. The van der Waals surface area contributed by atoms with E-state index in [2.05, 4.69) is 25.7 Å². The molecule has 0 aliphatic heterocycles. The quantitative estimate of drug-likeness (QED) is 0.792. The Morgan fingerprint density at radius 1 is 1.16 bits per heavy atom. The lowest BCUT2D eigenvalue weighted by Gasteiger charge is -2.49. The van der Waals surface area contributed by atoms with Crippen molar-refractivity contribution in [1.82, 2.24) is 4.90 Å². The molecule has 2 fully saturated rings. The van der Waals surface area contributed by atoms with Crippen molar-refractivity contribution in [2.24, 2.45) is 17.6 Å². The van der Waals surface area contributed by atoms with Gasteiger partial charge >= 0.3 is 0 Å². The summed E-state index contributed by atoms with van der Waals surface area (Å²) in [5.41, 5.74) is 6.66. The zero-order valence-electron chi connectivity index (χ0n) is 13.3. The van der Waals surface area contributed by atoms with Crippen LogP contribution in [-0.2, 0) is 0 Å². The van der Waals surface area contributed by atoms with Gasteiger partial charge in [-0.25, -0.2) is 0 Å². The van der Waals surface area contributed by atoms with Crippen molar-refractivity contribution in [1.29, 1.82) is 0 Å². The molecule has 0 aromatic carbocycles. The lowest BCUT2D eigenvalue weighted by Crippen LogP contribution is -2.60. The van der Waals surface area contributed by atoms with Gasteiger partial charge in [0, 0.05) is 24.7 Å². The largest absolute Gasteiger partial charge is 0.329 e. The van der Waals surface area contributed by atoms with E-state index in [1.807, 2.05) is 0 Å². The zero-order valence-corrected chi connectivity index (χ0v) is 13.3. The number of hydrogen-bond acceptors (Lipinski definition) is 2.